The molecule has 1 amide bonds. The summed E-state index contributed by atoms with van der Waals surface area (Å²) >= 11 is 0. The first kappa shape index (κ1) is 21.6. The smallest absolute Gasteiger partial charge is 0.246 e. The van der Waals surface area contributed by atoms with E-state index in [0.29, 0.717) is 18.0 Å². The highest BCUT2D eigenvalue weighted by molar-refractivity contribution is 5.95. The first-order chi connectivity index (χ1) is 14.6. The lowest BCUT2D eigenvalue weighted by Crippen LogP contribution is -2.33. The fraction of sp³-hybridized carbons (Fsp3) is 0.240. The molecule has 0 fully saturated rings. The molecule has 0 spiro atoms. The van der Waals surface area contributed by atoms with Gasteiger partial charge in [0.05, 0.1) is 7.11 Å². The second-order valence-electron chi connectivity index (χ2n) is 7.45. The van der Waals surface area contributed by atoms with E-state index in [2.05, 4.69) is 41.8 Å². The molecule has 3 aromatic rings. The highest BCUT2D eigenvalue weighted by Crippen LogP contribution is 2.21. The molecule has 2 N–H and O–H groups in total. The highest BCUT2D eigenvalue weighted by Gasteiger charge is 2.21. The van der Waals surface area contributed by atoms with Crippen LogP contribution in [0.2, 0.25) is 0 Å². The molecule has 5 nitrogen and oxygen atoms in total. The summed E-state index contributed by atoms with van der Waals surface area (Å²) in [6.45, 7) is 1.44. The van der Waals surface area contributed by atoms with Gasteiger partial charge in [-0.2, -0.15) is 0 Å². The Morgan fingerprint density at radius 2 is 1.63 bits per heavy atom. The number of carbonyl (C=O) groups excluding carboxylic acids is 1. The molecule has 0 aromatic heterocycles. The Hall–Kier alpha value is -3.15. The molecule has 5 heteroatoms. The van der Waals surface area contributed by atoms with E-state index in [9.17, 15) is 4.79 Å². The van der Waals surface area contributed by atoms with Crippen LogP contribution in [0, 0.1) is 0 Å². The Kier molecular flexibility index (Phi) is 7.60. The molecule has 30 heavy (non-hydrogen) atoms. The molecular weight excluding hydrogens is 374 g/mol. The van der Waals surface area contributed by atoms with Crippen LogP contribution in [-0.2, 0) is 17.9 Å². The third-order valence-electron chi connectivity index (χ3n) is 4.83. The molecule has 1 atom stereocenters. The summed E-state index contributed by atoms with van der Waals surface area (Å²) < 4.78 is 5.26. The molecule has 0 aliphatic heterocycles. The van der Waals surface area contributed by atoms with Gasteiger partial charge in [-0.1, -0.05) is 60.7 Å². The van der Waals surface area contributed by atoms with Crippen molar-refractivity contribution in [2.75, 3.05) is 26.5 Å². The first-order valence-corrected chi connectivity index (χ1v) is 10.0. The van der Waals surface area contributed by atoms with E-state index in [1.165, 1.54) is 11.1 Å². The zero-order valence-corrected chi connectivity index (χ0v) is 17.8. The van der Waals surface area contributed by atoms with Gasteiger partial charge in [-0.05, 0) is 42.9 Å². The van der Waals surface area contributed by atoms with Crippen molar-refractivity contribution in [1.29, 1.82) is 0 Å². The van der Waals surface area contributed by atoms with Crippen molar-refractivity contribution in [3.05, 3.63) is 95.6 Å². The zero-order chi connectivity index (χ0) is 21.3. The molecule has 0 bridgehead atoms. The second kappa shape index (κ2) is 10.6. The van der Waals surface area contributed by atoms with Gasteiger partial charge in [0.15, 0.2) is 0 Å². The third kappa shape index (κ3) is 5.92. The number of nitrogens with one attached hydrogen (secondary N) is 2. The lowest BCUT2D eigenvalue weighted by Gasteiger charge is -2.21. The number of nitrogens with zero attached hydrogens (tertiary/aromatic N) is 1. The average molecular weight is 404 g/mol. The van der Waals surface area contributed by atoms with Crippen molar-refractivity contribution < 1.29 is 9.53 Å². The summed E-state index contributed by atoms with van der Waals surface area (Å²) in [5.74, 6) is 0.592. The predicted octanol–water partition coefficient (Wildman–Crippen LogP) is 4.23. The van der Waals surface area contributed by atoms with Gasteiger partial charge in [0.1, 0.15) is 11.8 Å². The second-order valence-corrected chi connectivity index (χ2v) is 7.45. The number of anilines is 1. The molecule has 0 saturated carbocycles. The maximum Gasteiger partial charge on any atom is 0.246 e. The van der Waals surface area contributed by atoms with Crippen molar-refractivity contribution in [2.24, 2.45) is 0 Å². The van der Waals surface area contributed by atoms with E-state index in [-0.39, 0.29) is 5.91 Å². The molecule has 3 aromatic carbocycles. The van der Waals surface area contributed by atoms with Crippen molar-refractivity contribution in [2.45, 2.75) is 19.1 Å². The van der Waals surface area contributed by atoms with Crippen LogP contribution in [0.25, 0.3) is 0 Å². The summed E-state index contributed by atoms with van der Waals surface area (Å²) in [7, 11) is 5.72. The summed E-state index contributed by atoms with van der Waals surface area (Å²) in [5, 5.41) is 6.46. The Morgan fingerprint density at radius 3 is 2.33 bits per heavy atom. The van der Waals surface area contributed by atoms with Crippen LogP contribution in [0.1, 0.15) is 22.7 Å². The summed E-state index contributed by atoms with van der Waals surface area (Å²) in [5.41, 5.74) is 4.05. The van der Waals surface area contributed by atoms with Gasteiger partial charge in [0.25, 0.3) is 0 Å². The molecule has 0 saturated heterocycles. The number of carbonyl (C=O) groups is 1. The quantitative estimate of drug-likeness (QED) is 0.562. The Labute approximate surface area is 178 Å². The number of benzene rings is 3. The maximum absolute atomic E-state index is 13.2. The summed E-state index contributed by atoms with van der Waals surface area (Å²) in [6, 6.07) is 25.0. The normalized spacial score (nSPS) is 11.9. The van der Waals surface area contributed by atoms with E-state index in [4.69, 9.17) is 4.74 Å². The van der Waals surface area contributed by atoms with E-state index in [0.717, 1.165) is 12.1 Å². The molecule has 0 aliphatic carbocycles. The number of rotatable bonds is 9. The van der Waals surface area contributed by atoms with Crippen molar-refractivity contribution in [3.63, 3.8) is 0 Å². The van der Waals surface area contributed by atoms with Gasteiger partial charge in [0, 0.05) is 24.8 Å². The topological polar surface area (TPSA) is 53.6 Å². The van der Waals surface area contributed by atoms with Gasteiger partial charge in [-0.3, -0.25) is 10.1 Å². The molecule has 0 radical (unpaired) electrons. The molecule has 156 valence electrons. The molecular formula is C25H29N3O2. The summed E-state index contributed by atoms with van der Waals surface area (Å²) in [6.07, 6.45) is 0. The van der Waals surface area contributed by atoms with Crippen LogP contribution in [0.4, 0.5) is 5.69 Å². The number of hydrogen-bond donors (Lipinski definition) is 2. The van der Waals surface area contributed by atoms with E-state index < -0.39 is 6.04 Å². The van der Waals surface area contributed by atoms with Gasteiger partial charge < -0.3 is 15.0 Å². The lowest BCUT2D eigenvalue weighted by molar-refractivity contribution is -0.118. The summed E-state index contributed by atoms with van der Waals surface area (Å²) in [4.78, 5) is 15.3. The van der Waals surface area contributed by atoms with Crippen LogP contribution >= 0.6 is 0 Å². The standard InChI is InChI=1S/C25H29N3O2/c1-28(2)18-21-13-8-7-12-20(21)17-26-24(19-10-5-4-6-11-19)25(29)27-22-14-9-15-23(16-22)30-3/h4-16,24,26H,17-18H2,1-3H3,(H,27,29). The fourth-order valence-corrected chi connectivity index (χ4v) is 3.36. The lowest BCUT2D eigenvalue weighted by atomic mass is 10.0. The van der Waals surface area contributed by atoms with Crippen LogP contribution in [-0.4, -0.2) is 32.0 Å². The minimum Gasteiger partial charge on any atom is -0.497 e. The number of amides is 1. The van der Waals surface area contributed by atoms with Gasteiger partial charge >= 0.3 is 0 Å². The molecule has 3 rings (SSSR count). The maximum atomic E-state index is 13.2. The van der Waals surface area contributed by atoms with Gasteiger partial charge in [0.2, 0.25) is 5.91 Å². The minimum absolute atomic E-state index is 0.112. The largest absolute Gasteiger partial charge is 0.497 e. The van der Waals surface area contributed by atoms with E-state index in [1.807, 2.05) is 66.7 Å². The van der Waals surface area contributed by atoms with Gasteiger partial charge in [-0.15, -0.1) is 0 Å². The van der Waals surface area contributed by atoms with Crippen molar-refractivity contribution >= 4 is 11.6 Å². The molecule has 0 aliphatic rings. The van der Waals surface area contributed by atoms with E-state index >= 15 is 0 Å². The average Bonchev–Trinajstić information content (AvgIpc) is 2.75. The first-order valence-electron chi connectivity index (χ1n) is 10.0. The van der Waals surface area contributed by atoms with Gasteiger partial charge in [-0.25, -0.2) is 0 Å². The fourth-order valence-electron chi connectivity index (χ4n) is 3.36. The van der Waals surface area contributed by atoms with Crippen molar-refractivity contribution in [3.8, 4) is 5.75 Å². The SMILES string of the molecule is COc1cccc(NC(=O)C(NCc2ccccc2CN(C)C)c2ccccc2)c1. The molecule has 1 unspecified atom stereocenters. The van der Waals surface area contributed by atoms with Crippen LogP contribution in [0.5, 0.6) is 5.75 Å². The predicted molar refractivity (Wildman–Crippen MR) is 121 cm³/mol. The van der Waals surface area contributed by atoms with Crippen LogP contribution < -0.4 is 15.4 Å². The monoisotopic (exact) mass is 403 g/mol. The van der Waals surface area contributed by atoms with Crippen LogP contribution in [0.15, 0.2) is 78.9 Å². The van der Waals surface area contributed by atoms with Crippen molar-refractivity contribution in [1.82, 2.24) is 10.2 Å². The number of ether oxygens (including phenoxy) is 1. The Bertz CT molecular complexity index is 957. The van der Waals surface area contributed by atoms with Crippen LogP contribution in [0.3, 0.4) is 0 Å². The third-order valence-corrected chi connectivity index (χ3v) is 4.83. The zero-order valence-electron chi connectivity index (χ0n) is 17.8. The number of methoxy groups -OCH3 is 1. The minimum atomic E-state index is -0.482. The number of hydrogen-bond acceptors (Lipinski definition) is 4. The highest BCUT2D eigenvalue weighted by atomic mass is 16.5. The Morgan fingerprint density at radius 1 is 0.933 bits per heavy atom. The molecule has 0 heterocycles. The van der Waals surface area contributed by atoms with E-state index in [1.54, 1.807) is 7.11 Å². The Balaban J connectivity index is 1.79.